The molecule has 0 spiro atoms. The largest absolute Gasteiger partial charge is 0.469 e. The van der Waals surface area contributed by atoms with Gasteiger partial charge in [0.1, 0.15) is 24.1 Å². The van der Waals surface area contributed by atoms with E-state index < -0.39 is 44.9 Å². The number of hydrogen-bond donors (Lipinski definition) is 6. The Balaban J connectivity index is 2.16. The van der Waals surface area contributed by atoms with Crippen LogP contribution in [0, 0.1) is 0 Å². The third kappa shape index (κ3) is 3.28. The highest BCUT2D eigenvalue weighted by Gasteiger charge is 2.45. The second kappa shape index (κ2) is 5.93. The van der Waals surface area contributed by atoms with Crippen LogP contribution in [0.15, 0.2) is 6.33 Å². The molecule has 0 aliphatic carbocycles. The van der Waals surface area contributed by atoms with Crippen molar-refractivity contribution >= 4 is 19.5 Å². The van der Waals surface area contributed by atoms with Crippen LogP contribution in [0.4, 0.5) is 5.82 Å². The molecule has 13 heteroatoms. The van der Waals surface area contributed by atoms with Gasteiger partial charge in [0.25, 0.3) is 5.91 Å². The van der Waals surface area contributed by atoms with Gasteiger partial charge in [0, 0.05) is 0 Å². The summed E-state index contributed by atoms with van der Waals surface area (Å²) in [6.45, 7) is -0.656. The zero-order chi connectivity index (χ0) is 16.7. The predicted octanol–water partition coefficient (Wildman–Crippen LogP) is -2.71. The minimum Gasteiger partial charge on any atom is -0.387 e. The van der Waals surface area contributed by atoms with Crippen LogP contribution in [0.3, 0.4) is 0 Å². The van der Waals surface area contributed by atoms with E-state index in [4.69, 9.17) is 26.0 Å². The van der Waals surface area contributed by atoms with Crippen molar-refractivity contribution in [2.45, 2.75) is 24.5 Å². The van der Waals surface area contributed by atoms with Gasteiger partial charge in [0.05, 0.1) is 12.9 Å². The van der Waals surface area contributed by atoms with Crippen molar-refractivity contribution in [3.05, 3.63) is 12.0 Å². The van der Waals surface area contributed by atoms with E-state index in [1.807, 2.05) is 0 Å². The van der Waals surface area contributed by atoms with Crippen LogP contribution in [0.2, 0.25) is 0 Å². The number of carbonyl (C=O) groups excluding carboxylic acids is 1. The second-order valence-corrected chi connectivity index (χ2v) is 5.82. The molecule has 0 saturated carbocycles. The Morgan fingerprint density at radius 2 is 2.09 bits per heavy atom. The minimum atomic E-state index is -4.75. The third-order valence-corrected chi connectivity index (χ3v) is 3.57. The number of ether oxygens (including phenoxy) is 1. The molecular weight excluding hydrogens is 323 g/mol. The second-order valence-electron chi connectivity index (χ2n) is 4.58. The van der Waals surface area contributed by atoms with Crippen LogP contribution < -0.4 is 11.5 Å². The van der Waals surface area contributed by atoms with Gasteiger partial charge < -0.3 is 36.2 Å². The van der Waals surface area contributed by atoms with Crippen LogP contribution in [0.5, 0.6) is 0 Å². The molecule has 8 N–H and O–H groups in total. The fourth-order valence-electron chi connectivity index (χ4n) is 2.03. The van der Waals surface area contributed by atoms with Crippen LogP contribution in [0.25, 0.3) is 0 Å². The molecule has 1 aromatic rings. The summed E-state index contributed by atoms with van der Waals surface area (Å²) in [5.74, 6) is -1.06. The standard InChI is InChI=1S/C9H15N4O8P/c10-7-4(8(11)16)12-2-13(7)9-6(15)5(14)3(21-9)1-20-22(17,18)19/h2-3,5-6,9,14-15H,1,10H2,(H2,11,16)(H2,17,18,19)/t3-,5-,6-,9+/m0/s1. The van der Waals surface area contributed by atoms with Crippen LogP contribution in [0.1, 0.15) is 16.7 Å². The van der Waals surface area contributed by atoms with Crippen molar-refractivity contribution < 1.29 is 38.6 Å². The van der Waals surface area contributed by atoms with Gasteiger partial charge in [0.15, 0.2) is 11.9 Å². The van der Waals surface area contributed by atoms with Crippen LogP contribution in [-0.4, -0.2) is 60.4 Å². The van der Waals surface area contributed by atoms with Gasteiger partial charge in [-0.1, -0.05) is 0 Å². The normalized spacial score (nSPS) is 28.9. The molecule has 1 amide bonds. The summed E-state index contributed by atoms with van der Waals surface area (Å²) in [7, 11) is -4.75. The summed E-state index contributed by atoms with van der Waals surface area (Å²) in [6, 6.07) is 0. The van der Waals surface area contributed by atoms with E-state index in [-0.39, 0.29) is 11.5 Å². The first-order valence-corrected chi connectivity index (χ1v) is 7.48. The van der Waals surface area contributed by atoms with Gasteiger partial charge >= 0.3 is 7.82 Å². The number of primary amides is 1. The maximum atomic E-state index is 11.1. The summed E-state index contributed by atoms with van der Waals surface area (Å²) in [5.41, 5.74) is 10.5. The van der Waals surface area contributed by atoms with Crippen molar-refractivity contribution in [1.29, 1.82) is 0 Å². The maximum absolute atomic E-state index is 11.1. The molecule has 124 valence electrons. The lowest BCUT2D eigenvalue weighted by Crippen LogP contribution is -2.33. The Labute approximate surface area is 123 Å². The van der Waals surface area contributed by atoms with Crippen molar-refractivity contribution in [2.24, 2.45) is 5.73 Å². The Morgan fingerprint density at radius 1 is 1.45 bits per heavy atom. The summed E-state index contributed by atoms with van der Waals surface area (Å²) in [6.07, 6.45) is -4.33. The first kappa shape index (κ1) is 16.8. The van der Waals surface area contributed by atoms with E-state index in [1.54, 1.807) is 0 Å². The monoisotopic (exact) mass is 338 g/mol. The molecule has 22 heavy (non-hydrogen) atoms. The molecule has 1 aliphatic heterocycles. The Morgan fingerprint density at radius 3 is 2.59 bits per heavy atom. The molecule has 1 aliphatic rings. The van der Waals surface area contributed by atoms with Gasteiger partial charge in [-0.3, -0.25) is 13.9 Å². The van der Waals surface area contributed by atoms with Crippen LogP contribution in [-0.2, 0) is 13.8 Å². The van der Waals surface area contributed by atoms with E-state index in [0.717, 1.165) is 10.9 Å². The van der Waals surface area contributed by atoms with Crippen molar-refractivity contribution in [1.82, 2.24) is 9.55 Å². The Kier molecular flexibility index (Phi) is 4.54. The average Bonchev–Trinajstić information content (AvgIpc) is 2.90. The number of aliphatic hydroxyl groups excluding tert-OH is 2. The molecule has 12 nitrogen and oxygen atoms in total. The molecule has 1 fully saturated rings. The van der Waals surface area contributed by atoms with Crippen molar-refractivity contribution in [3.63, 3.8) is 0 Å². The fourth-order valence-corrected chi connectivity index (χ4v) is 2.37. The number of aromatic nitrogens is 2. The molecule has 4 atom stereocenters. The highest BCUT2D eigenvalue weighted by atomic mass is 31.2. The third-order valence-electron chi connectivity index (χ3n) is 3.08. The van der Waals surface area contributed by atoms with Gasteiger partial charge in [0.2, 0.25) is 0 Å². The molecule has 2 rings (SSSR count). The van der Waals surface area contributed by atoms with Gasteiger partial charge in [-0.2, -0.15) is 0 Å². The molecule has 0 aromatic carbocycles. The van der Waals surface area contributed by atoms with E-state index in [2.05, 4.69) is 9.51 Å². The SMILES string of the molecule is NC(=O)c1ncn([C@@H]2O[C@@H](COP(=O)(O)O)[C@H](O)[C@@H]2O)c1N. The van der Waals surface area contributed by atoms with Gasteiger partial charge in [-0.15, -0.1) is 0 Å². The number of phosphoric ester groups is 1. The van der Waals surface area contributed by atoms with E-state index in [9.17, 15) is 19.6 Å². The zero-order valence-electron chi connectivity index (χ0n) is 11.0. The first-order chi connectivity index (χ1) is 10.1. The number of rotatable bonds is 5. The molecule has 1 aromatic heterocycles. The molecule has 0 radical (unpaired) electrons. The smallest absolute Gasteiger partial charge is 0.387 e. The Bertz CT molecular complexity index is 615. The number of phosphoric acid groups is 1. The predicted molar refractivity (Wildman–Crippen MR) is 69.1 cm³/mol. The lowest BCUT2D eigenvalue weighted by atomic mass is 10.1. The lowest BCUT2D eigenvalue weighted by Gasteiger charge is -2.17. The quantitative estimate of drug-likeness (QED) is 0.306. The Hall–Kier alpha value is -1.53. The molecule has 1 saturated heterocycles. The highest BCUT2D eigenvalue weighted by molar-refractivity contribution is 7.46. The first-order valence-electron chi connectivity index (χ1n) is 5.95. The maximum Gasteiger partial charge on any atom is 0.469 e. The van der Waals surface area contributed by atoms with Crippen LogP contribution >= 0.6 is 7.82 Å². The number of nitrogens with zero attached hydrogens (tertiary/aromatic N) is 2. The van der Waals surface area contributed by atoms with E-state index in [1.165, 1.54) is 0 Å². The van der Waals surface area contributed by atoms with Crippen molar-refractivity contribution in [2.75, 3.05) is 12.3 Å². The molecule has 0 unspecified atom stereocenters. The summed E-state index contributed by atoms with van der Waals surface area (Å²) in [4.78, 5) is 32.0. The van der Waals surface area contributed by atoms with Crippen molar-refractivity contribution in [3.8, 4) is 0 Å². The average molecular weight is 338 g/mol. The topological polar surface area (TPSA) is 203 Å². The van der Waals surface area contributed by atoms with Gasteiger partial charge in [-0.05, 0) is 0 Å². The summed E-state index contributed by atoms with van der Waals surface area (Å²) < 4.78 is 21.2. The lowest BCUT2D eigenvalue weighted by molar-refractivity contribution is -0.0510. The van der Waals surface area contributed by atoms with E-state index >= 15 is 0 Å². The van der Waals surface area contributed by atoms with Gasteiger partial charge in [-0.25, -0.2) is 9.55 Å². The summed E-state index contributed by atoms with van der Waals surface area (Å²) >= 11 is 0. The number of imidazole rings is 1. The number of nitrogen functional groups attached to an aromatic ring is 1. The highest BCUT2D eigenvalue weighted by Crippen LogP contribution is 2.38. The molecule has 2 heterocycles. The number of amides is 1. The summed E-state index contributed by atoms with van der Waals surface area (Å²) in [5, 5.41) is 19.8. The minimum absolute atomic E-state index is 0.180. The number of carbonyl (C=O) groups is 1. The molecule has 0 bridgehead atoms. The number of nitrogens with two attached hydrogens (primary N) is 2. The number of anilines is 1. The number of hydrogen-bond acceptors (Lipinski definition) is 8. The fraction of sp³-hybridized carbons (Fsp3) is 0.556. The molecular formula is C9H15N4O8P. The zero-order valence-corrected chi connectivity index (χ0v) is 11.9. The number of aliphatic hydroxyl groups is 2. The van der Waals surface area contributed by atoms with E-state index in [0.29, 0.717) is 0 Å².